The van der Waals surface area contributed by atoms with Gasteiger partial charge in [0.2, 0.25) is 0 Å². The van der Waals surface area contributed by atoms with Crippen LogP contribution in [0.4, 0.5) is 11.4 Å². The van der Waals surface area contributed by atoms with E-state index >= 15 is 0 Å². The van der Waals surface area contributed by atoms with Crippen molar-refractivity contribution < 1.29 is 14.3 Å². The fourth-order valence-corrected chi connectivity index (χ4v) is 4.20. The Morgan fingerprint density at radius 3 is 2.67 bits per heavy atom. The maximum atomic E-state index is 12.6. The van der Waals surface area contributed by atoms with Crippen LogP contribution in [0.5, 0.6) is 11.5 Å². The van der Waals surface area contributed by atoms with Crippen molar-refractivity contribution in [1.29, 1.82) is 0 Å². The summed E-state index contributed by atoms with van der Waals surface area (Å²) in [5.74, 6) is 1.97. The normalized spacial score (nSPS) is 13.0. The van der Waals surface area contributed by atoms with Crippen molar-refractivity contribution in [2.75, 3.05) is 30.5 Å². The molecular formula is C26H26N4O3. The first-order valence-corrected chi connectivity index (χ1v) is 11.0. The number of carbonyl (C=O) groups excluding carboxylic acids is 1. The van der Waals surface area contributed by atoms with Crippen molar-refractivity contribution in [2.45, 2.75) is 20.0 Å². The number of rotatable bonds is 6. The predicted molar refractivity (Wildman–Crippen MR) is 129 cm³/mol. The van der Waals surface area contributed by atoms with Gasteiger partial charge in [0, 0.05) is 24.5 Å². The molecule has 0 radical (unpaired) electrons. The fourth-order valence-electron chi connectivity index (χ4n) is 4.20. The molecule has 168 valence electrons. The molecule has 0 unspecified atom stereocenters. The monoisotopic (exact) mass is 442 g/mol. The number of carbonyl (C=O) groups is 1. The highest BCUT2D eigenvalue weighted by Gasteiger charge is 2.21. The lowest BCUT2D eigenvalue weighted by Gasteiger charge is -2.30. The Kier molecular flexibility index (Phi) is 5.60. The molecule has 1 aliphatic rings. The quantitative estimate of drug-likeness (QED) is 0.480. The molecule has 0 atom stereocenters. The van der Waals surface area contributed by atoms with E-state index in [4.69, 9.17) is 14.5 Å². The van der Waals surface area contributed by atoms with Crippen LogP contribution in [0.3, 0.4) is 0 Å². The van der Waals surface area contributed by atoms with Gasteiger partial charge < -0.3 is 24.3 Å². The Balaban J connectivity index is 1.28. The average Bonchev–Trinajstić information content (AvgIpc) is 3.22. The molecule has 0 bridgehead atoms. The number of aryl methyl sites for hydroxylation is 1. The van der Waals surface area contributed by atoms with Crippen LogP contribution in [0, 0.1) is 6.92 Å². The molecule has 3 aromatic carbocycles. The molecule has 1 aromatic heterocycles. The van der Waals surface area contributed by atoms with Gasteiger partial charge in [0.15, 0.2) is 18.1 Å². The van der Waals surface area contributed by atoms with Crippen LogP contribution >= 0.6 is 0 Å². The lowest BCUT2D eigenvalue weighted by atomic mass is 10.1. The van der Waals surface area contributed by atoms with E-state index in [-0.39, 0.29) is 12.5 Å². The number of hydrogen-bond acceptors (Lipinski definition) is 5. The van der Waals surface area contributed by atoms with Crippen LogP contribution in [0.15, 0.2) is 66.7 Å². The van der Waals surface area contributed by atoms with E-state index in [9.17, 15) is 4.79 Å². The van der Waals surface area contributed by atoms with Gasteiger partial charge in [-0.2, -0.15) is 0 Å². The second-order valence-electron chi connectivity index (χ2n) is 8.08. The molecule has 7 nitrogen and oxygen atoms in total. The van der Waals surface area contributed by atoms with Gasteiger partial charge in [0.1, 0.15) is 5.82 Å². The zero-order valence-corrected chi connectivity index (χ0v) is 18.7. The summed E-state index contributed by atoms with van der Waals surface area (Å²) in [6, 6.07) is 21.7. The van der Waals surface area contributed by atoms with Gasteiger partial charge in [0.05, 0.1) is 24.7 Å². The topological polar surface area (TPSA) is 68.6 Å². The van der Waals surface area contributed by atoms with Crippen molar-refractivity contribution in [3.63, 3.8) is 0 Å². The van der Waals surface area contributed by atoms with E-state index in [0.717, 1.165) is 47.9 Å². The first-order chi connectivity index (χ1) is 16.1. The van der Waals surface area contributed by atoms with Crippen LogP contribution in [0.1, 0.15) is 11.4 Å². The van der Waals surface area contributed by atoms with Crippen LogP contribution in [0.25, 0.3) is 11.0 Å². The molecule has 0 fully saturated rings. The maximum absolute atomic E-state index is 12.6. The highest BCUT2D eigenvalue weighted by atomic mass is 16.5. The molecular weight excluding hydrogens is 416 g/mol. The van der Waals surface area contributed by atoms with E-state index < -0.39 is 0 Å². The highest BCUT2D eigenvalue weighted by Crippen LogP contribution is 2.29. The minimum atomic E-state index is -0.221. The Hall–Kier alpha value is -4.00. The van der Waals surface area contributed by atoms with E-state index in [1.807, 2.05) is 37.3 Å². The first kappa shape index (κ1) is 20.9. The third kappa shape index (κ3) is 4.22. The number of fused-ring (bicyclic) bond motifs is 3. The number of methoxy groups -OCH3 is 1. The van der Waals surface area contributed by atoms with Gasteiger partial charge in [-0.15, -0.1) is 0 Å². The number of imidazole rings is 1. The van der Waals surface area contributed by atoms with Crippen molar-refractivity contribution in [3.8, 4) is 11.5 Å². The molecule has 0 saturated carbocycles. The van der Waals surface area contributed by atoms with Crippen LogP contribution in [-0.2, 0) is 17.9 Å². The van der Waals surface area contributed by atoms with Crippen LogP contribution in [0.2, 0.25) is 0 Å². The third-order valence-electron chi connectivity index (χ3n) is 5.95. The summed E-state index contributed by atoms with van der Waals surface area (Å²) in [5, 5.41) is 2.99. The zero-order valence-electron chi connectivity index (χ0n) is 18.7. The molecule has 4 aromatic rings. The lowest BCUT2D eigenvalue weighted by Crippen LogP contribution is -2.33. The van der Waals surface area contributed by atoms with Gasteiger partial charge in [-0.3, -0.25) is 4.79 Å². The number of nitrogens with zero attached hydrogens (tertiary/aromatic N) is 3. The van der Waals surface area contributed by atoms with Crippen molar-refractivity contribution in [1.82, 2.24) is 9.55 Å². The molecule has 1 N–H and O–H groups in total. The molecule has 0 aliphatic carbocycles. The third-order valence-corrected chi connectivity index (χ3v) is 5.95. The smallest absolute Gasteiger partial charge is 0.262 e. The number of para-hydroxylation sites is 4. The number of nitrogens with one attached hydrogen (secondary N) is 1. The summed E-state index contributed by atoms with van der Waals surface area (Å²) in [5.41, 5.74) is 5.04. The van der Waals surface area contributed by atoms with Crippen LogP contribution < -0.4 is 19.7 Å². The van der Waals surface area contributed by atoms with Crippen molar-refractivity contribution >= 4 is 28.3 Å². The number of hydrogen-bond donors (Lipinski definition) is 1. The van der Waals surface area contributed by atoms with E-state index in [0.29, 0.717) is 11.5 Å². The van der Waals surface area contributed by atoms with Gasteiger partial charge in [-0.25, -0.2) is 4.98 Å². The average molecular weight is 443 g/mol. The Morgan fingerprint density at radius 1 is 1.03 bits per heavy atom. The standard InChI is InChI=1S/C26H26N4O3/c1-18-11-12-19(29-13-14-30-22-8-4-3-7-20(22)27-25(30)16-29)15-21(18)28-26(31)17-33-24-10-6-5-9-23(24)32-2/h3-12,15H,13-14,16-17H2,1-2H3,(H,28,31). The van der Waals surface area contributed by atoms with Crippen LogP contribution in [-0.4, -0.2) is 35.7 Å². The summed E-state index contributed by atoms with van der Waals surface area (Å²) in [6.07, 6.45) is 0. The molecule has 0 saturated heterocycles. The largest absolute Gasteiger partial charge is 0.493 e. The molecule has 2 heterocycles. The number of amides is 1. The minimum Gasteiger partial charge on any atom is -0.493 e. The van der Waals surface area contributed by atoms with Crippen molar-refractivity contribution in [3.05, 3.63) is 78.1 Å². The fraction of sp³-hybridized carbons (Fsp3) is 0.231. The Bertz CT molecular complexity index is 1310. The number of ether oxygens (including phenoxy) is 2. The summed E-state index contributed by atoms with van der Waals surface area (Å²) < 4.78 is 13.2. The van der Waals surface area contributed by atoms with Gasteiger partial charge in [-0.1, -0.05) is 30.3 Å². The van der Waals surface area contributed by atoms with Gasteiger partial charge in [-0.05, 0) is 48.9 Å². The van der Waals surface area contributed by atoms with Gasteiger partial charge in [0.25, 0.3) is 5.91 Å². The molecule has 5 rings (SSSR count). The molecule has 33 heavy (non-hydrogen) atoms. The molecule has 0 spiro atoms. The lowest BCUT2D eigenvalue weighted by molar-refractivity contribution is -0.118. The molecule has 7 heteroatoms. The van der Waals surface area contributed by atoms with Crippen molar-refractivity contribution in [2.24, 2.45) is 0 Å². The number of aromatic nitrogens is 2. The predicted octanol–water partition coefficient (Wildman–Crippen LogP) is 4.39. The zero-order chi connectivity index (χ0) is 22.8. The molecule has 1 amide bonds. The summed E-state index contributed by atoms with van der Waals surface area (Å²) in [6.45, 7) is 4.36. The number of benzene rings is 3. The first-order valence-electron chi connectivity index (χ1n) is 11.0. The Morgan fingerprint density at radius 2 is 1.82 bits per heavy atom. The number of anilines is 2. The second-order valence-corrected chi connectivity index (χ2v) is 8.08. The highest BCUT2D eigenvalue weighted by molar-refractivity contribution is 5.93. The Labute approximate surface area is 192 Å². The second kappa shape index (κ2) is 8.86. The van der Waals surface area contributed by atoms with Gasteiger partial charge >= 0.3 is 0 Å². The summed E-state index contributed by atoms with van der Waals surface area (Å²) in [7, 11) is 1.58. The SMILES string of the molecule is COc1ccccc1OCC(=O)Nc1cc(N2CCn3c(nc4ccccc43)C2)ccc1C. The maximum Gasteiger partial charge on any atom is 0.262 e. The minimum absolute atomic E-state index is 0.0994. The molecule has 1 aliphatic heterocycles. The summed E-state index contributed by atoms with van der Waals surface area (Å²) in [4.78, 5) is 19.7. The summed E-state index contributed by atoms with van der Waals surface area (Å²) >= 11 is 0. The van der Waals surface area contributed by atoms with E-state index in [2.05, 4.69) is 39.0 Å². The van der Waals surface area contributed by atoms with E-state index in [1.54, 1.807) is 19.2 Å². The van der Waals surface area contributed by atoms with E-state index in [1.165, 1.54) is 5.52 Å².